The first-order chi connectivity index (χ1) is 11.6. The minimum Gasteiger partial charge on any atom is -0.271 e. The summed E-state index contributed by atoms with van der Waals surface area (Å²) in [5.74, 6) is -1.52. The topological polar surface area (TPSA) is 78.8 Å². The molecule has 1 aliphatic heterocycles. The second-order valence-electron chi connectivity index (χ2n) is 5.09. The van der Waals surface area contributed by atoms with Crippen LogP contribution >= 0.6 is 11.6 Å². The molecule has 0 aliphatic carbocycles. The van der Waals surface area contributed by atoms with Gasteiger partial charge < -0.3 is 0 Å². The average Bonchev–Trinajstić information content (AvgIpc) is 2.82. The lowest BCUT2D eigenvalue weighted by atomic mass is 10.1. The van der Waals surface area contributed by atoms with E-state index in [0.29, 0.717) is 16.1 Å². The fourth-order valence-electron chi connectivity index (χ4n) is 2.29. The fraction of sp³-hybridized carbons (Fsp3) is 0.0588. The lowest BCUT2D eigenvalue weighted by molar-refractivity contribution is -0.121. The van der Waals surface area contributed by atoms with Gasteiger partial charge in [-0.25, -0.2) is 5.43 Å². The third kappa shape index (κ3) is 3.18. The monoisotopic (exact) mass is 341 g/mol. The van der Waals surface area contributed by atoms with E-state index in [1.165, 1.54) is 6.21 Å². The fourth-order valence-corrected chi connectivity index (χ4v) is 2.42. The largest absolute Gasteiger partial charge is 0.271 e. The summed E-state index contributed by atoms with van der Waals surface area (Å²) in [5.41, 5.74) is 3.65. The number of amides is 3. The quantitative estimate of drug-likeness (QED) is 0.525. The van der Waals surface area contributed by atoms with Crippen molar-refractivity contribution in [2.45, 2.75) is 0 Å². The molecule has 24 heavy (non-hydrogen) atoms. The van der Waals surface area contributed by atoms with Crippen LogP contribution in [-0.4, -0.2) is 35.4 Å². The number of halogens is 1. The molecule has 6 nitrogen and oxygen atoms in total. The first-order valence-corrected chi connectivity index (χ1v) is 7.47. The standard InChI is InChI=1S/C17H12ClN3O3/c18-12-7-5-11(6-8-12)9-19-20-15(22)10-21-16(23)13-3-1-2-4-14(13)17(21)24/h1-9H,10H2,(H,20,22)/b19-9+. The predicted molar refractivity (Wildman–Crippen MR) is 89.0 cm³/mol. The van der Waals surface area contributed by atoms with E-state index in [4.69, 9.17) is 11.6 Å². The van der Waals surface area contributed by atoms with Gasteiger partial charge in [0, 0.05) is 5.02 Å². The maximum atomic E-state index is 12.1. The zero-order valence-corrected chi connectivity index (χ0v) is 13.2. The van der Waals surface area contributed by atoms with Crippen LogP contribution < -0.4 is 5.43 Å². The lowest BCUT2D eigenvalue weighted by Crippen LogP contribution is -2.38. The molecule has 2 aromatic carbocycles. The van der Waals surface area contributed by atoms with Crippen LogP contribution in [0.3, 0.4) is 0 Å². The normalized spacial score (nSPS) is 13.5. The Hall–Kier alpha value is -2.99. The average molecular weight is 342 g/mol. The minimum atomic E-state index is -0.560. The summed E-state index contributed by atoms with van der Waals surface area (Å²) in [6.07, 6.45) is 1.44. The van der Waals surface area contributed by atoms with Gasteiger partial charge in [0.2, 0.25) is 0 Å². The second-order valence-corrected chi connectivity index (χ2v) is 5.52. The van der Waals surface area contributed by atoms with Crippen molar-refractivity contribution in [2.75, 3.05) is 6.54 Å². The molecule has 1 N–H and O–H groups in total. The smallest absolute Gasteiger partial charge is 0.262 e. The highest BCUT2D eigenvalue weighted by Crippen LogP contribution is 2.21. The summed E-state index contributed by atoms with van der Waals surface area (Å²) in [6.45, 7) is -0.385. The Morgan fingerprint density at radius 3 is 2.21 bits per heavy atom. The third-order valence-electron chi connectivity index (χ3n) is 3.45. The molecule has 0 spiro atoms. The van der Waals surface area contributed by atoms with Gasteiger partial charge in [-0.3, -0.25) is 19.3 Å². The van der Waals surface area contributed by atoms with Gasteiger partial charge in [0.25, 0.3) is 17.7 Å². The van der Waals surface area contributed by atoms with Crippen LogP contribution in [0.15, 0.2) is 53.6 Å². The number of hydrazone groups is 1. The highest BCUT2D eigenvalue weighted by atomic mass is 35.5. The molecule has 3 rings (SSSR count). The highest BCUT2D eigenvalue weighted by molar-refractivity contribution is 6.30. The molecule has 2 aromatic rings. The van der Waals surface area contributed by atoms with E-state index in [1.54, 1.807) is 48.5 Å². The van der Waals surface area contributed by atoms with Gasteiger partial charge in [0.1, 0.15) is 6.54 Å². The summed E-state index contributed by atoms with van der Waals surface area (Å²) >= 11 is 5.77. The van der Waals surface area contributed by atoms with Crippen molar-refractivity contribution in [3.05, 3.63) is 70.2 Å². The number of nitrogens with zero attached hydrogens (tertiary/aromatic N) is 2. The van der Waals surface area contributed by atoms with Crippen LogP contribution in [-0.2, 0) is 4.79 Å². The summed E-state index contributed by atoms with van der Waals surface area (Å²) in [4.78, 5) is 37.1. The van der Waals surface area contributed by atoms with E-state index in [2.05, 4.69) is 10.5 Å². The van der Waals surface area contributed by atoms with Crippen LogP contribution in [0, 0.1) is 0 Å². The maximum absolute atomic E-state index is 12.1. The van der Waals surface area contributed by atoms with Crippen molar-refractivity contribution in [1.29, 1.82) is 0 Å². The molecular weight excluding hydrogens is 330 g/mol. The zero-order chi connectivity index (χ0) is 17.1. The SMILES string of the molecule is O=C(CN1C(=O)c2ccccc2C1=O)N/N=C/c1ccc(Cl)cc1. The molecule has 0 fully saturated rings. The Balaban J connectivity index is 1.61. The summed E-state index contributed by atoms with van der Waals surface area (Å²) in [6, 6.07) is 13.3. The molecule has 120 valence electrons. The maximum Gasteiger partial charge on any atom is 0.262 e. The van der Waals surface area contributed by atoms with E-state index in [-0.39, 0.29) is 6.54 Å². The number of rotatable bonds is 4. The highest BCUT2D eigenvalue weighted by Gasteiger charge is 2.36. The molecule has 0 unspecified atom stereocenters. The van der Waals surface area contributed by atoms with E-state index in [9.17, 15) is 14.4 Å². The Kier molecular flexibility index (Phi) is 4.39. The van der Waals surface area contributed by atoms with Gasteiger partial charge in [-0.05, 0) is 29.8 Å². The molecule has 0 aromatic heterocycles. The van der Waals surface area contributed by atoms with E-state index in [0.717, 1.165) is 10.5 Å². The van der Waals surface area contributed by atoms with Gasteiger partial charge in [0.15, 0.2) is 0 Å². The Bertz CT molecular complexity index is 811. The van der Waals surface area contributed by atoms with Crippen molar-refractivity contribution in [3.63, 3.8) is 0 Å². The molecule has 3 amide bonds. The van der Waals surface area contributed by atoms with Crippen LogP contribution in [0.2, 0.25) is 5.02 Å². The molecule has 1 aliphatic rings. The number of carbonyl (C=O) groups is 3. The third-order valence-corrected chi connectivity index (χ3v) is 3.70. The minimum absolute atomic E-state index is 0.306. The first kappa shape index (κ1) is 15.9. The molecule has 7 heteroatoms. The number of hydrogen-bond acceptors (Lipinski definition) is 4. The van der Waals surface area contributed by atoms with E-state index >= 15 is 0 Å². The number of imide groups is 1. The van der Waals surface area contributed by atoms with Gasteiger partial charge in [-0.2, -0.15) is 5.10 Å². The number of nitrogens with one attached hydrogen (secondary N) is 1. The summed E-state index contributed by atoms with van der Waals surface area (Å²) in [5, 5.41) is 4.39. The summed E-state index contributed by atoms with van der Waals surface area (Å²) < 4.78 is 0. The number of fused-ring (bicyclic) bond motifs is 1. The Labute approximate surface area is 142 Å². The number of hydrogen-bond donors (Lipinski definition) is 1. The van der Waals surface area contributed by atoms with Crippen LogP contribution in [0.4, 0.5) is 0 Å². The number of benzene rings is 2. The second kappa shape index (κ2) is 6.64. The lowest BCUT2D eigenvalue weighted by Gasteiger charge is -2.11. The van der Waals surface area contributed by atoms with Crippen molar-refractivity contribution in [1.82, 2.24) is 10.3 Å². The number of carbonyl (C=O) groups excluding carboxylic acids is 3. The molecule has 1 heterocycles. The van der Waals surface area contributed by atoms with Gasteiger partial charge >= 0.3 is 0 Å². The molecule has 0 saturated heterocycles. The molecule has 0 bridgehead atoms. The molecular formula is C17H12ClN3O3. The van der Waals surface area contributed by atoms with E-state index < -0.39 is 17.7 Å². The van der Waals surface area contributed by atoms with Crippen molar-refractivity contribution in [3.8, 4) is 0 Å². The molecule has 0 saturated carbocycles. The Morgan fingerprint density at radius 2 is 1.62 bits per heavy atom. The van der Waals surface area contributed by atoms with Crippen LogP contribution in [0.1, 0.15) is 26.3 Å². The first-order valence-electron chi connectivity index (χ1n) is 7.09. The zero-order valence-electron chi connectivity index (χ0n) is 12.4. The molecule has 0 radical (unpaired) electrons. The van der Waals surface area contributed by atoms with Gasteiger partial charge in [-0.15, -0.1) is 0 Å². The summed E-state index contributed by atoms with van der Waals surface area (Å²) in [7, 11) is 0. The van der Waals surface area contributed by atoms with E-state index in [1.807, 2.05) is 0 Å². The Morgan fingerprint density at radius 1 is 1.04 bits per heavy atom. The van der Waals surface area contributed by atoms with Crippen molar-refractivity contribution < 1.29 is 14.4 Å². The van der Waals surface area contributed by atoms with Crippen molar-refractivity contribution >= 4 is 35.5 Å². The van der Waals surface area contributed by atoms with Gasteiger partial charge in [0.05, 0.1) is 17.3 Å². The van der Waals surface area contributed by atoms with Crippen LogP contribution in [0.5, 0.6) is 0 Å². The van der Waals surface area contributed by atoms with Crippen molar-refractivity contribution in [2.24, 2.45) is 5.10 Å². The predicted octanol–water partition coefficient (Wildman–Crippen LogP) is 2.09. The van der Waals surface area contributed by atoms with Gasteiger partial charge in [-0.1, -0.05) is 35.9 Å². The molecule has 0 atom stereocenters. The van der Waals surface area contributed by atoms with Crippen LogP contribution in [0.25, 0.3) is 0 Å².